The second kappa shape index (κ2) is 45.0. The standard InChI is InChI=1S/C54H105O12P/c1-3-5-7-9-11-13-15-17-19-21-22-23-24-25-26-27-29-31-33-35-37-39-41-43-48(55)65-47(46-64-67(61,62)66-54-52(59)50(57)49(56)51(58)53(54)60)45-63-44-42-40-38-36-34-32-30-28-20-18-16-14-12-10-8-6-4-2/h21-22,47,49-54,56-60H,3-20,23-46H2,1-2H3,(H,61,62)/b22-21-. The largest absolute Gasteiger partial charge is 0.472 e. The molecule has 1 aliphatic carbocycles. The Morgan fingerprint density at radius 1 is 0.463 bits per heavy atom. The molecule has 0 radical (unpaired) electrons. The van der Waals surface area contributed by atoms with Crippen LogP contribution in [0, 0.1) is 0 Å². The lowest BCUT2D eigenvalue weighted by Crippen LogP contribution is -2.64. The maximum absolute atomic E-state index is 12.9. The highest BCUT2D eigenvalue weighted by Gasteiger charge is 2.51. The van der Waals surface area contributed by atoms with Gasteiger partial charge in [-0.25, -0.2) is 4.57 Å². The molecular formula is C54H105O12P. The second-order valence-corrected chi connectivity index (χ2v) is 21.2. The molecule has 6 N–H and O–H groups in total. The third kappa shape index (κ3) is 36.6. The number of rotatable bonds is 49. The first-order valence-electron chi connectivity index (χ1n) is 28.0. The van der Waals surface area contributed by atoms with Crippen LogP contribution in [0.3, 0.4) is 0 Å². The molecule has 0 aliphatic heterocycles. The predicted octanol–water partition coefficient (Wildman–Crippen LogP) is 13.0. The smallest absolute Gasteiger partial charge is 0.457 e. The van der Waals surface area contributed by atoms with Crippen molar-refractivity contribution in [1.82, 2.24) is 0 Å². The van der Waals surface area contributed by atoms with Crippen molar-refractivity contribution in [2.75, 3.05) is 19.8 Å². The summed E-state index contributed by atoms with van der Waals surface area (Å²) in [6.45, 7) is 4.32. The van der Waals surface area contributed by atoms with Gasteiger partial charge in [-0.05, 0) is 38.5 Å². The van der Waals surface area contributed by atoms with E-state index in [0.29, 0.717) is 13.0 Å². The topological polar surface area (TPSA) is 192 Å². The van der Waals surface area contributed by atoms with E-state index in [1.165, 1.54) is 199 Å². The van der Waals surface area contributed by atoms with E-state index >= 15 is 0 Å². The summed E-state index contributed by atoms with van der Waals surface area (Å²) in [6, 6.07) is 0. The Morgan fingerprint density at radius 3 is 1.18 bits per heavy atom. The maximum Gasteiger partial charge on any atom is 0.472 e. The van der Waals surface area contributed by atoms with Crippen LogP contribution in [0.15, 0.2) is 12.2 Å². The van der Waals surface area contributed by atoms with Crippen LogP contribution in [0.5, 0.6) is 0 Å². The van der Waals surface area contributed by atoms with Crippen molar-refractivity contribution in [1.29, 1.82) is 0 Å². The molecule has 1 fully saturated rings. The number of allylic oxidation sites excluding steroid dienone is 2. The van der Waals surface area contributed by atoms with Gasteiger partial charge in [0.25, 0.3) is 0 Å². The maximum atomic E-state index is 12.9. The summed E-state index contributed by atoms with van der Waals surface area (Å²) < 4.78 is 34.4. The van der Waals surface area contributed by atoms with Crippen molar-refractivity contribution >= 4 is 13.8 Å². The number of hydrogen-bond acceptors (Lipinski definition) is 11. The summed E-state index contributed by atoms with van der Waals surface area (Å²) >= 11 is 0. The highest BCUT2D eigenvalue weighted by Crippen LogP contribution is 2.47. The summed E-state index contributed by atoms with van der Waals surface area (Å²) in [5.41, 5.74) is 0. The van der Waals surface area contributed by atoms with Gasteiger partial charge in [0.2, 0.25) is 0 Å². The fourth-order valence-corrected chi connectivity index (χ4v) is 9.91. The zero-order chi connectivity index (χ0) is 49.1. The Kier molecular flexibility index (Phi) is 43.0. The molecule has 6 unspecified atom stereocenters. The molecule has 0 bridgehead atoms. The lowest BCUT2D eigenvalue weighted by Gasteiger charge is -2.41. The van der Waals surface area contributed by atoms with Crippen LogP contribution in [-0.2, 0) is 27.9 Å². The molecule has 1 rings (SSSR count). The van der Waals surface area contributed by atoms with Crippen molar-refractivity contribution < 1.29 is 58.3 Å². The molecule has 1 saturated carbocycles. The average molecular weight is 977 g/mol. The molecule has 0 aromatic heterocycles. The Bertz CT molecular complexity index is 1160. The minimum absolute atomic E-state index is 0.0701. The third-order valence-electron chi connectivity index (χ3n) is 13.4. The third-order valence-corrected chi connectivity index (χ3v) is 14.4. The first-order valence-corrected chi connectivity index (χ1v) is 29.5. The quantitative estimate of drug-likeness (QED) is 0.0146. The first-order chi connectivity index (χ1) is 32.5. The molecule has 0 aromatic carbocycles. The monoisotopic (exact) mass is 977 g/mol. The number of phosphoric ester groups is 1. The average Bonchev–Trinajstić information content (AvgIpc) is 3.31. The van der Waals surface area contributed by atoms with E-state index in [0.717, 1.165) is 38.5 Å². The van der Waals surface area contributed by atoms with E-state index < -0.39 is 63.1 Å². The van der Waals surface area contributed by atoms with Crippen LogP contribution in [0.4, 0.5) is 0 Å². The van der Waals surface area contributed by atoms with Crippen LogP contribution in [0.25, 0.3) is 0 Å². The zero-order valence-electron chi connectivity index (χ0n) is 43.0. The molecule has 0 aromatic rings. The Labute approximate surface area is 409 Å². The van der Waals surface area contributed by atoms with Crippen molar-refractivity contribution in [2.45, 2.75) is 307 Å². The number of carbonyl (C=O) groups excluding carboxylic acids is 1. The Hall–Kier alpha value is -0.920. The number of hydrogen-bond donors (Lipinski definition) is 6. The fraction of sp³-hybridized carbons (Fsp3) is 0.944. The van der Waals surface area contributed by atoms with Crippen LogP contribution >= 0.6 is 7.82 Å². The summed E-state index contributed by atoms with van der Waals surface area (Å²) in [7, 11) is -5.02. The number of phosphoric acid groups is 1. The van der Waals surface area contributed by atoms with E-state index in [9.17, 15) is 39.8 Å². The van der Waals surface area contributed by atoms with Crippen molar-refractivity contribution in [3.8, 4) is 0 Å². The van der Waals surface area contributed by atoms with E-state index in [-0.39, 0.29) is 13.0 Å². The van der Waals surface area contributed by atoms with Gasteiger partial charge in [0, 0.05) is 13.0 Å². The van der Waals surface area contributed by atoms with Crippen LogP contribution < -0.4 is 0 Å². The van der Waals surface area contributed by atoms with Crippen molar-refractivity contribution in [3.63, 3.8) is 0 Å². The van der Waals surface area contributed by atoms with E-state index in [1.54, 1.807) is 0 Å². The van der Waals surface area contributed by atoms with Crippen molar-refractivity contribution in [2.24, 2.45) is 0 Å². The molecule has 0 spiro atoms. The van der Waals surface area contributed by atoms with Crippen molar-refractivity contribution in [3.05, 3.63) is 12.2 Å². The number of ether oxygens (including phenoxy) is 2. The van der Waals surface area contributed by atoms with E-state index in [2.05, 4.69) is 26.0 Å². The molecule has 0 heterocycles. The molecular weight excluding hydrogens is 872 g/mol. The lowest BCUT2D eigenvalue weighted by molar-refractivity contribution is -0.220. The van der Waals surface area contributed by atoms with E-state index in [1.807, 2.05) is 0 Å². The van der Waals surface area contributed by atoms with Crippen LogP contribution in [-0.4, -0.2) is 98.9 Å². The number of carbonyl (C=O) groups is 1. The first kappa shape index (κ1) is 64.1. The zero-order valence-corrected chi connectivity index (χ0v) is 43.9. The number of aliphatic hydroxyl groups is 5. The summed E-state index contributed by atoms with van der Waals surface area (Å²) in [5, 5.41) is 50.4. The molecule has 0 saturated heterocycles. The molecule has 67 heavy (non-hydrogen) atoms. The van der Waals surface area contributed by atoms with Gasteiger partial charge in [-0.2, -0.15) is 0 Å². The van der Waals surface area contributed by atoms with Crippen LogP contribution in [0.1, 0.15) is 264 Å². The van der Waals surface area contributed by atoms with Crippen LogP contribution in [0.2, 0.25) is 0 Å². The van der Waals surface area contributed by atoms with Gasteiger partial charge in [-0.3, -0.25) is 13.8 Å². The Morgan fingerprint density at radius 2 is 0.791 bits per heavy atom. The molecule has 1 aliphatic rings. The minimum atomic E-state index is -5.02. The lowest BCUT2D eigenvalue weighted by atomic mass is 9.85. The highest BCUT2D eigenvalue weighted by molar-refractivity contribution is 7.47. The Balaban J connectivity index is 2.28. The van der Waals surface area contributed by atoms with Gasteiger partial charge in [-0.1, -0.05) is 231 Å². The summed E-state index contributed by atoms with van der Waals surface area (Å²) in [6.07, 6.45) is 39.9. The SMILES string of the molecule is CCCCCCCCCC/C=C\CCCCCCCCCCCCCC(=O)OC(COCCCCCCCCCCCCCCCCCCC)COP(=O)(O)OC1C(O)C(O)C(O)C(O)C1O. The van der Waals surface area contributed by atoms with Gasteiger partial charge >= 0.3 is 13.8 Å². The minimum Gasteiger partial charge on any atom is -0.457 e. The highest BCUT2D eigenvalue weighted by atomic mass is 31.2. The molecule has 398 valence electrons. The summed E-state index contributed by atoms with van der Waals surface area (Å²) in [5.74, 6) is -0.471. The number of esters is 1. The van der Waals surface area contributed by atoms with Gasteiger partial charge in [0.1, 0.15) is 42.7 Å². The number of aliphatic hydroxyl groups excluding tert-OH is 5. The molecule has 6 atom stereocenters. The molecule has 0 amide bonds. The van der Waals surface area contributed by atoms with Gasteiger partial charge in [-0.15, -0.1) is 0 Å². The van der Waals surface area contributed by atoms with Gasteiger partial charge < -0.3 is 39.9 Å². The second-order valence-electron chi connectivity index (χ2n) is 19.8. The number of unbranched alkanes of at least 4 members (excludes halogenated alkanes) is 35. The van der Waals surface area contributed by atoms with Gasteiger partial charge in [0.05, 0.1) is 13.2 Å². The predicted molar refractivity (Wildman–Crippen MR) is 272 cm³/mol. The molecule has 12 nitrogen and oxygen atoms in total. The normalized spacial score (nSPS) is 21.3. The summed E-state index contributed by atoms with van der Waals surface area (Å²) in [4.78, 5) is 23.3. The van der Waals surface area contributed by atoms with Gasteiger partial charge in [0.15, 0.2) is 0 Å². The fourth-order valence-electron chi connectivity index (χ4n) is 8.94. The van der Waals surface area contributed by atoms with E-state index in [4.69, 9.17) is 18.5 Å². The molecule has 13 heteroatoms.